The fraction of sp³-hybridized carbons (Fsp3) is 0.533. The van der Waals surface area contributed by atoms with Crippen LogP contribution in [0.2, 0.25) is 0 Å². The molecular weight excluding hydrogens is 259 g/mol. The fourth-order valence-electron chi connectivity index (χ4n) is 3.01. The number of morpholine rings is 1. The first kappa shape index (κ1) is 13.4. The van der Waals surface area contributed by atoms with E-state index in [1.807, 2.05) is 6.92 Å². The lowest BCUT2D eigenvalue weighted by atomic mass is 10.1. The van der Waals surface area contributed by atoms with Crippen molar-refractivity contribution in [1.82, 2.24) is 4.90 Å². The zero-order valence-corrected chi connectivity index (χ0v) is 11.6. The topological polar surface area (TPSA) is 41.6 Å². The molecule has 0 radical (unpaired) electrons. The van der Waals surface area contributed by atoms with E-state index >= 15 is 0 Å². The van der Waals surface area contributed by atoms with Gasteiger partial charge >= 0.3 is 0 Å². The molecule has 20 heavy (non-hydrogen) atoms. The SMILES string of the molecule is CCNc1c(F)cccc1C(=O)N1CC2CCC(C1)O2. The molecular formula is C15H19FN2O2. The van der Waals surface area contributed by atoms with Crippen molar-refractivity contribution in [3.63, 3.8) is 0 Å². The molecule has 0 aliphatic carbocycles. The summed E-state index contributed by atoms with van der Waals surface area (Å²) in [6.07, 6.45) is 2.32. The lowest BCUT2D eigenvalue weighted by Gasteiger charge is -2.32. The first-order chi connectivity index (χ1) is 9.69. The van der Waals surface area contributed by atoms with Crippen LogP contribution in [0.5, 0.6) is 0 Å². The van der Waals surface area contributed by atoms with Crippen LogP contribution in [0, 0.1) is 5.82 Å². The van der Waals surface area contributed by atoms with E-state index in [0.717, 1.165) is 12.8 Å². The summed E-state index contributed by atoms with van der Waals surface area (Å²) in [5, 5.41) is 2.95. The van der Waals surface area contributed by atoms with Gasteiger partial charge in [0.2, 0.25) is 0 Å². The Bertz CT molecular complexity index is 509. The first-order valence-electron chi connectivity index (χ1n) is 7.16. The Hall–Kier alpha value is -1.62. The molecule has 1 aromatic carbocycles. The number of benzene rings is 1. The summed E-state index contributed by atoms with van der Waals surface area (Å²) < 4.78 is 19.6. The second-order valence-electron chi connectivity index (χ2n) is 5.36. The zero-order chi connectivity index (χ0) is 14.1. The van der Waals surface area contributed by atoms with Gasteiger partial charge in [-0.2, -0.15) is 0 Å². The van der Waals surface area contributed by atoms with Gasteiger partial charge in [-0.3, -0.25) is 4.79 Å². The fourth-order valence-corrected chi connectivity index (χ4v) is 3.01. The number of hydrogen-bond acceptors (Lipinski definition) is 3. The quantitative estimate of drug-likeness (QED) is 0.922. The van der Waals surface area contributed by atoms with Crippen molar-refractivity contribution in [1.29, 1.82) is 0 Å². The second kappa shape index (κ2) is 5.40. The summed E-state index contributed by atoms with van der Waals surface area (Å²) in [6.45, 7) is 3.68. The Morgan fingerprint density at radius 2 is 2.10 bits per heavy atom. The van der Waals surface area contributed by atoms with E-state index in [2.05, 4.69) is 5.32 Å². The van der Waals surface area contributed by atoms with Crippen LogP contribution in [0.4, 0.5) is 10.1 Å². The normalized spacial score (nSPS) is 24.8. The largest absolute Gasteiger partial charge is 0.382 e. The molecule has 0 aromatic heterocycles. The minimum Gasteiger partial charge on any atom is -0.382 e. The van der Waals surface area contributed by atoms with E-state index in [0.29, 0.717) is 30.9 Å². The van der Waals surface area contributed by atoms with E-state index in [1.165, 1.54) is 6.07 Å². The number of fused-ring (bicyclic) bond motifs is 2. The first-order valence-corrected chi connectivity index (χ1v) is 7.16. The number of nitrogens with zero attached hydrogens (tertiary/aromatic N) is 1. The van der Waals surface area contributed by atoms with Crippen LogP contribution in [0.25, 0.3) is 0 Å². The highest BCUT2D eigenvalue weighted by atomic mass is 19.1. The average Bonchev–Trinajstić information content (AvgIpc) is 2.79. The van der Waals surface area contributed by atoms with Crippen LogP contribution in [-0.4, -0.2) is 42.6 Å². The summed E-state index contributed by atoms with van der Waals surface area (Å²) in [7, 11) is 0. The summed E-state index contributed by atoms with van der Waals surface area (Å²) >= 11 is 0. The van der Waals surface area contributed by atoms with Crippen LogP contribution in [0.3, 0.4) is 0 Å². The van der Waals surface area contributed by atoms with Gasteiger partial charge in [-0.05, 0) is 31.9 Å². The Kier molecular flexibility index (Phi) is 3.61. The number of anilines is 1. The van der Waals surface area contributed by atoms with Gasteiger partial charge in [-0.1, -0.05) is 6.07 Å². The molecule has 2 atom stereocenters. The number of rotatable bonds is 3. The molecule has 2 aliphatic heterocycles. The number of para-hydroxylation sites is 1. The maximum absolute atomic E-state index is 13.9. The van der Waals surface area contributed by atoms with Gasteiger partial charge in [-0.25, -0.2) is 4.39 Å². The van der Waals surface area contributed by atoms with E-state index < -0.39 is 0 Å². The highest BCUT2D eigenvalue weighted by Gasteiger charge is 2.36. The molecule has 2 unspecified atom stereocenters. The summed E-state index contributed by atoms with van der Waals surface area (Å²) in [5.74, 6) is -0.491. The van der Waals surface area contributed by atoms with Crippen molar-refractivity contribution in [2.75, 3.05) is 25.0 Å². The minimum absolute atomic E-state index is 0.111. The molecule has 2 heterocycles. The van der Waals surface area contributed by atoms with Crippen LogP contribution >= 0.6 is 0 Å². The Morgan fingerprint density at radius 3 is 2.75 bits per heavy atom. The molecule has 4 nitrogen and oxygen atoms in total. The molecule has 2 saturated heterocycles. The monoisotopic (exact) mass is 278 g/mol. The lowest BCUT2D eigenvalue weighted by molar-refractivity contribution is -0.0303. The second-order valence-corrected chi connectivity index (χ2v) is 5.36. The van der Waals surface area contributed by atoms with E-state index in [4.69, 9.17) is 4.74 Å². The van der Waals surface area contributed by atoms with E-state index in [1.54, 1.807) is 17.0 Å². The molecule has 5 heteroatoms. The van der Waals surface area contributed by atoms with Gasteiger partial charge in [0, 0.05) is 19.6 Å². The molecule has 0 saturated carbocycles. The van der Waals surface area contributed by atoms with Gasteiger partial charge in [0.05, 0.1) is 23.5 Å². The molecule has 3 rings (SSSR count). The molecule has 1 amide bonds. The maximum atomic E-state index is 13.9. The predicted molar refractivity (Wildman–Crippen MR) is 74.4 cm³/mol. The summed E-state index contributed by atoms with van der Waals surface area (Å²) in [5.41, 5.74) is 0.715. The standard InChI is InChI=1S/C15H19FN2O2/c1-2-17-14-12(4-3-5-13(14)16)15(19)18-8-10-6-7-11(9-18)20-10/h3-5,10-11,17H,2,6-9H2,1H3. The molecule has 108 valence electrons. The average molecular weight is 278 g/mol. The smallest absolute Gasteiger partial charge is 0.256 e. The van der Waals surface area contributed by atoms with Gasteiger partial charge in [0.1, 0.15) is 5.82 Å². The number of carbonyl (C=O) groups is 1. The summed E-state index contributed by atoms with van der Waals surface area (Å²) in [4.78, 5) is 14.4. The van der Waals surface area contributed by atoms with E-state index in [-0.39, 0.29) is 23.9 Å². The van der Waals surface area contributed by atoms with E-state index in [9.17, 15) is 9.18 Å². The minimum atomic E-state index is -0.381. The number of likely N-dealkylation sites (tertiary alicyclic amines) is 1. The van der Waals surface area contributed by atoms with Crippen molar-refractivity contribution in [2.45, 2.75) is 32.0 Å². The van der Waals surface area contributed by atoms with Crippen molar-refractivity contribution in [3.8, 4) is 0 Å². The number of ether oxygens (including phenoxy) is 1. The van der Waals surface area contributed by atoms with Gasteiger partial charge in [0.25, 0.3) is 5.91 Å². The maximum Gasteiger partial charge on any atom is 0.256 e. The predicted octanol–water partition coefficient (Wildman–Crippen LogP) is 2.26. The third-order valence-corrected chi connectivity index (χ3v) is 3.93. The van der Waals surface area contributed by atoms with Crippen LogP contribution in [0.15, 0.2) is 18.2 Å². The number of carbonyl (C=O) groups excluding carboxylic acids is 1. The molecule has 1 N–H and O–H groups in total. The van der Waals surface area contributed by atoms with Crippen molar-refractivity contribution in [3.05, 3.63) is 29.6 Å². The van der Waals surface area contributed by atoms with Crippen molar-refractivity contribution < 1.29 is 13.9 Å². The Morgan fingerprint density at radius 1 is 1.40 bits per heavy atom. The number of nitrogens with one attached hydrogen (secondary N) is 1. The van der Waals surface area contributed by atoms with Gasteiger partial charge in [0.15, 0.2) is 0 Å². The summed E-state index contributed by atoms with van der Waals surface area (Å²) in [6, 6.07) is 4.64. The van der Waals surface area contributed by atoms with Crippen LogP contribution < -0.4 is 5.32 Å². The van der Waals surface area contributed by atoms with Crippen LogP contribution in [-0.2, 0) is 4.74 Å². The molecule has 0 spiro atoms. The van der Waals surface area contributed by atoms with Crippen LogP contribution in [0.1, 0.15) is 30.1 Å². The lowest BCUT2D eigenvalue weighted by Crippen LogP contribution is -2.46. The Balaban J connectivity index is 1.85. The molecule has 2 fully saturated rings. The zero-order valence-electron chi connectivity index (χ0n) is 11.6. The molecule has 2 aliphatic rings. The Labute approximate surface area is 117 Å². The third kappa shape index (κ3) is 2.38. The van der Waals surface area contributed by atoms with Gasteiger partial charge in [-0.15, -0.1) is 0 Å². The molecule has 2 bridgehead atoms. The number of hydrogen-bond donors (Lipinski definition) is 1. The number of amides is 1. The third-order valence-electron chi connectivity index (χ3n) is 3.93. The number of halogens is 1. The highest BCUT2D eigenvalue weighted by molar-refractivity contribution is 5.99. The molecule has 1 aromatic rings. The highest BCUT2D eigenvalue weighted by Crippen LogP contribution is 2.29. The van der Waals surface area contributed by atoms with Gasteiger partial charge < -0.3 is 15.0 Å². The van der Waals surface area contributed by atoms with Crippen molar-refractivity contribution >= 4 is 11.6 Å². The van der Waals surface area contributed by atoms with Crippen molar-refractivity contribution in [2.24, 2.45) is 0 Å².